The van der Waals surface area contributed by atoms with Gasteiger partial charge in [0.25, 0.3) is 0 Å². The summed E-state index contributed by atoms with van der Waals surface area (Å²) in [6.45, 7) is 2.86. The highest BCUT2D eigenvalue weighted by molar-refractivity contribution is 6.31. The number of ether oxygens (including phenoxy) is 1. The number of hydrogen-bond donors (Lipinski definition) is 1. The summed E-state index contributed by atoms with van der Waals surface area (Å²) in [6.07, 6.45) is 6.04. The number of piperidine rings is 1. The maximum absolute atomic E-state index is 6.51. The minimum atomic E-state index is 0.495. The quantitative estimate of drug-likeness (QED) is 0.882. The van der Waals surface area contributed by atoms with E-state index in [4.69, 9.17) is 16.3 Å². The Morgan fingerprint density at radius 1 is 1.11 bits per heavy atom. The Hall–Kier alpha value is -0.570. The molecule has 1 unspecified atom stereocenters. The Kier molecular flexibility index (Phi) is 4.42. The average molecular weight is 280 g/mol. The molecule has 0 radical (unpaired) electrons. The van der Waals surface area contributed by atoms with Crippen LogP contribution in [-0.2, 0) is 4.74 Å². The number of hydrogen-bond acceptors (Lipinski definition) is 2. The lowest BCUT2D eigenvalue weighted by Gasteiger charge is -2.26. The van der Waals surface area contributed by atoms with Crippen molar-refractivity contribution in [1.29, 1.82) is 0 Å². The molecule has 2 aliphatic heterocycles. The highest BCUT2D eigenvalue weighted by Crippen LogP contribution is 2.34. The van der Waals surface area contributed by atoms with E-state index in [1.54, 1.807) is 0 Å². The number of nitrogens with one attached hydrogen (secondary N) is 1. The van der Waals surface area contributed by atoms with Gasteiger partial charge >= 0.3 is 0 Å². The van der Waals surface area contributed by atoms with E-state index in [0.29, 0.717) is 12.0 Å². The Balaban J connectivity index is 1.76. The molecule has 19 heavy (non-hydrogen) atoms. The van der Waals surface area contributed by atoms with E-state index >= 15 is 0 Å². The van der Waals surface area contributed by atoms with Crippen LogP contribution in [0.2, 0.25) is 5.02 Å². The van der Waals surface area contributed by atoms with Crippen molar-refractivity contribution in [3.05, 3.63) is 34.3 Å². The molecule has 1 atom stereocenters. The molecule has 2 nitrogen and oxygen atoms in total. The predicted octanol–water partition coefficient (Wildman–Crippen LogP) is 4.05. The molecule has 1 aromatic carbocycles. The van der Waals surface area contributed by atoms with Gasteiger partial charge in [-0.3, -0.25) is 0 Å². The second-order valence-corrected chi connectivity index (χ2v) is 6.08. The van der Waals surface area contributed by atoms with Gasteiger partial charge in [0.05, 0.1) is 0 Å². The number of halogens is 1. The number of benzene rings is 1. The predicted molar refractivity (Wildman–Crippen MR) is 78.8 cm³/mol. The molecule has 0 spiro atoms. The molecule has 1 N–H and O–H groups in total. The summed E-state index contributed by atoms with van der Waals surface area (Å²) in [5, 5.41) is 4.52. The van der Waals surface area contributed by atoms with Gasteiger partial charge in [-0.1, -0.05) is 30.2 Å². The molecule has 0 aliphatic carbocycles. The highest BCUT2D eigenvalue weighted by Gasteiger charge is 2.20. The molecule has 104 valence electrons. The van der Waals surface area contributed by atoms with E-state index in [9.17, 15) is 0 Å². The van der Waals surface area contributed by atoms with Crippen LogP contribution in [0.1, 0.15) is 55.2 Å². The van der Waals surface area contributed by atoms with E-state index < -0.39 is 0 Å². The topological polar surface area (TPSA) is 21.3 Å². The molecule has 0 bridgehead atoms. The van der Waals surface area contributed by atoms with E-state index in [1.807, 2.05) is 0 Å². The SMILES string of the molecule is Clc1cc(C2CCCCN2)ccc1C1CCOCC1. The van der Waals surface area contributed by atoms with Crippen molar-refractivity contribution in [2.45, 2.75) is 44.1 Å². The van der Waals surface area contributed by atoms with Gasteiger partial charge in [0.2, 0.25) is 0 Å². The van der Waals surface area contributed by atoms with Gasteiger partial charge in [0.1, 0.15) is 0 Å². The molecule has 3 heteroatoms. The first-order valence-corrected chi connectivity index (χ1v) is 7.83. The lowest BCUT2D eigenvalue weighted by atomic mass is 9.89. The van der Waals surface area contributed by atoms with Crippen LogP contribution in [0.4, 0.5) is 0 Å². The van der Waals surface area contributed by atoms with Crippen molar-refractivity contribution < 1.29 is 4.74 Å². The van der Waals surface area contributed by atoms with E-state index in [0.717, 1.165) is 37.6 Å². The maximum atomic E-state index is 6.51. The van der Waals surface area contributed by atoms with E-state index in [2.05, 4.69) is 23.5 Å². The van der Waals surface area contributed by atoms with Gasteiger partial charge < -0.3 is 10.1 Å². The third kappa shape index (κ3) is 3.13. The molecule has 2 fully saturated rings. The zero-order valence-corrected chi connectivity index (χ0v) is 12.1. The van der Waals surface area contributed by atoms with Gasteiger partial charge in [-0.05, 0) is 55.3 Å². The zero-order valence-electron chi connectivity index (χ0n) is 11.3. The van der Waals surface area contributed by atoms with Crippen molar-refractivity contribution in [2.24, 2.45) is 0 Å². The molecule has 2 aliphatic rings. The summed E-state index contributed by atoms with van der Waals surface area (Å²) >= 11 is 6.51. The van der Waals surface area contributed by atoms with Gasteiger partial charge in [-0.25, -0.2) is 0 Å². The summed E-state index contributed by atoms with van der Waals surface area (Å²) in [4.78, 5) is 0. The molecule has 3 rings (SSSR count). The highest BCUT2D eigenvalue weighted by atomic mass is 35.5. The standard InChI is InChI=1S/C16H22ClNO/c17-15-11-13(16-3-1-2-8-18-16)4-5-14(15)12-6-9-19-10-7-12/h4-5,11-12,16,18H,1-3,6-10H2. The lowest BCUT2D eigenvalue weighted by molar-refractivity contribution is 0.0853. The Morgan fingerprint density at radius 2 is 1.95 bits per heavy atom. The summed E-state index contributed by atoms with van der Waals surface area (Å²) in [7, 11) is 0. The maximum Gasteiger partial charge on any atom is 0.0471 e. The lowest BCUT2D eigenvalue weighted by Crippen LogP contribution is -2.26. The smallest absolute Gasteiger partial charge is 0.0471 e. The molecule has 2 saturated heterocycles. The number of rotatable bonds is 2. The van der Waals surface area contributed by atoms with Crippen LogP contribution >= 0.6 is 11.6 Å². The van der Waals surface area contributed by atoms with E-state index in [1.165, 1.54) is 30.4 Å². The van der Waals surface area contributed by atoms with Crippen molar-refractivity contribution in [3.8, 4) is 0 Å². The summed E-state index contributed by atoms with van der Waals surface area (Å²) < 4.78 is 5.43. The summed E-state index contributed by atoms with van der Waals surface area (Å²) in [5.41, 5.74) is 2.66. The first kappa shape index (κ1) is 13.4. The fourth-order valence-corrected chi connectivity index (χ4v) is 3.58. The van der Waals surface area contributed by atoms with Crippen molar-refractivity contribution in [1.82, 2.24) is 5.32 Å². The Morgan fingerprint density at radius 3 is 2.63 bits per heavy atom. The fourth-order valence-electron chi connectivity index (χ4n) is 3.24. The fraction of sp³-hybridized carbons (Fsp3) is 0.625. The normalized spacial score (nSPS) is 25.4. The molecule has 1 aromatic rings. The van der Waals surface area contributed by atoms with Crippen LogP contribution in [0, 0.1) is 0 Å². The third-order valence-corrected chi connectivity index (χ3v) is 4.73. The van der Waals surface area contributed by atoms with Gasteiger partial charge in [0, 0.05) is 24.3 Å². The second-order valence-electron chi connectivity index (χ2n) is 5.67. The average Bonchev–Trinajstić information content (AvgIpc) is 2.49. The van der Waals surface area contributed by atoms with Crippen LogP contribution in [0.15, 0.2) is 18.2 Å². The summed E-state index contributed by atoms with van der Waals surface area (Å²) in [6, 6.07) is 7.17. The molecule has 0 amide bonds. The van der Waals surface area contributed by atoms with Crippen LogP contribution in [-0.4, -0.2) is 19.8 Å². The minimum Gasteiger partial charge on any atom is -0.381 e. The van der Waals surface area contributed by atoms with Crippen LogP contribution < -0.4 is 5.32 Å². The third-order valence-electron chi connectivity index (χ3n) is 4.40. The first-order valence-electron chi connectivity index (χ1n) is 7.45. The van der Waals surface area contributed by atoms with Crippen molar-refractivity contribution in [2.75, 3.05) is 19.8 Å². The van der Waals surface area contributed by atoms with Gasteiger partial charge in [-0.2, -0.15) is 0 Å². The largest absolute Gasteiger partial charge is 0.381 e. The molecular weight excluding hydrogens is 258 g/mol. The molecule has 2 heterocycles. The molecule has 0 saturated carbocycles. The first-order chi connectivity index (χ1) is 9.34. The van der Waals surface area contributed by atoms with Crippen molar-refractivity contribution >= 4 is 11.6 Å². The second kappa shape index (κ2) is 6.25. The van der Waals surface area contributed by atoms with Crippen molar-refractivity contribution in [3.63, 3.8) is 0 Å². The van der Waals surface area contributed by atoms with Gasteiger partial charge in [-0.15, -0.1) is 0 Å². The molecular formula is C16H22ClNO. The Labute approximate surface area is 120 Å². The summed E-state index contributed by atoms with van der Waals surface area (Å²) in [5.74, 6) is 0.578. The van der Waals surface area contributed by atoms with Crippen LogP contribution in [0.5, 0.6) is 0 Å². The van der Waals surface area contributed by atoms with E-state index in [-0.39, 0.29) is 0 Å². The zero-order chi connectivity index (χ0) is 13.1. The monoisotopic (exact) mass is 279 g/mol. The van der Waals surface area contributed by atoms with Crippen LogP contribution in [0.25, 0.3) is 0 Å². The van der Waals surface area contributed by atoms with Gasteiger partial charge in [0.15, 0.2) is 0 Å². The molecule has 0 aromatic heterocycles. The Bertz CT molecular complexity index is 423. The van der Waals surface area contributed by atoms with Crippen LogP contribution in [0.3, 0.4) is 0 Å². The minimum absolute atomic E-state index is 0.495.